The molecule has 0 spiro atoms. The van der Waals surface area contributed by atoms with E-state index in [0.29, 0.717) is 4.80 Å². The maximum Gasteiger partial charge on any atom is 0.231 e. The third-order valence-electron chi connectivity index (χ3n) is 4.24. The minimum absolute atomic E-state index is 0.680. The molecule has 154 valence electrons. The Kier molecular flexibility index (Phi) is 7.45. The van der Waals surface area contributed by atoms with E-state index < -0.39 is 0 Å². The molecule has 4 rings (SSSR count). The number of hydrogen-bond acceptors (Lipinski definition) is 4. The van der Waals surface area contributed by atoms with E-state index in [0.717, 1.165) is 35.8 Å². The first-order chi connectivity index (χ1) is 15.1. The molecule has 0 unspecified atom stereocenters. The Bertz CT molecular complexity index is 1290. The summed E-state index contributed by atoms with van der Waals surface area (Å²) in [5, 5.41) is 15.4. The molecule has 0 aliphatic rings. The second-order valence-electron chi connectivity index (χ2n) is 6.41. The molecule has 0 bridgehead atoms. The minimum Gasteiger partial charge on any atom is -0.203 e. The van der Waals surface area contributed by atoms with Gasteiger partial charge in [-0.25, -0.2) is 4.68 Å². The maximum absolute atomic E-state index is 4.70. The molecule has 0 radical (unpaired) electrons. The average Bonchev–Trinajstić information content (AvgIpc) is 3.18. The summed E-state index contributed by atoms with van der Waals surface area (Å²) in [6, 6.07) is 24.0. The van der Waals surface area contributed by atoms with E-state index in [1.54, 1.807) is 6.21 Å². The fourth-order valence-corrected chi connectivity index (χ4v) is 4.25. The van der Waals surface area contributed by atoms with Crippen molar-refractivity contribution in [3.05, 3.63) is 108 Å². The largest absolute Gasteiger partial charge is 0.231 e. The third-order valence-corrected chi connectivity index (χ3v) is 6.63. The topological polar surface area (TPSA) is 42.0 Å². The van der Waals surface area contributed by atoms with Crippen LogP contribution >= 0.6 is 59.1 Å². The van der Waals surface area contributed by atoms with Gasteiger partial charge in [-0.1, -0.05) is 84.2 Å². The van der Waals surface area contributed by atoms with Gasteiger partial charge < -0.3 is 0 Å². The van der Waals surface area contributed by atoms with Crippen LogP contribution in [0, 0.1) is 0 Å². The van der Waals surface area contributed by atoms with Crippen LogP contribution in [0.4, 0.5) is 0 Å². The molecular weight excluding hydrogens is 604 g/mol. The van der Waals surface area contributed by atoms with Gasteiger partial charge in [0.15, 0.2) is 0 Å². The van der Waals surface area contributed by atoms with E-state index in [1.807, 2.05) is 89.1 Å². The first kappa shape index (κ1) is 22.1. The van der Waals surface area contributed by atoms with Gasteiger partial charge in [-0.05, 0) is 47.5 Å². The van der Waals surface area contributed by atoms with Crippen LogP contribution in [0.5, 0.6) is 0 Å². The predicted octanol–water partition coefficient (Wildman–Crippen LogP) is 7.32. The lowest BCUT2D eigenvalue weighted by atomic mass is 10.2. The zero-order valence-corrected chi connectivity index (χ0v) is 21.6. The van der Waals surface area contributed by atoms with E-state index in [2.05, 4.69) is 58.0 Å². The highest BCUT2D eigenvalue weighted by Gasteiger charge is 2.07. The Balaban J connectivity index is 1.72. The number of rotatable bonds is 5. The van der Waals surface area contributed by atoms with Gasteiger partial charge in [0.05, 0.1) is 18.1 Å². The van der Waals surface area contributed by atoms with Crippen molar-refractivity contribution in [2.45, 2.75) is 0 Å². The molecule has 8 heteroatoms. The Morgan fingerprint density at radius 1 is 0.677 bits per heavy atom. The Hall–Kier alpha value is -2.13. The Morgan fingerprint density at radius 2 is 1.19 bits per heavy atom. The van der Waals surface area contributed by atoms with Crippen LogP contribution in [0.2, 0.25) is 0 Å². The summed E-state index contributed by atoms with van der Waals surface area (Å²) in [4.78, 5) is 0.680. The standard InChI is InChI=1S/C23H15Br3N4S/c24-19-7-1-16(2-8-19)13-27-29-23-30(28-14-17-3-9-20(25)10-4-17)22(15-31-23)18-5-11-21(26)12-6-18/h1-15H/b27-13-,28-14+,29-23+. The van der Waals surface area contributed by atoms with Gasteiger partial charge in [-0.15, -0.1) is 16.4 Å². The van der Waals surface area contributed by atoms with Gasteiger partial charge in [-0.3, -0.25) is 0 Å². The fourth-order valence-electron chi connectivity index (χ4n) is 2.67. The maximum atomic E-state index is 4.70. The molecule has 4 aromatic rings. The molecule has 0 fully saturated rings. The Labute approximate surface area is 209 Å². The first-order valence-corrected chi connectivity index (χ1v) is 12.4. The molecule has 0 aliphatic carbocycles. The number of halogens is 3. The summed E-state index contributed by atoms with van der Waals surface area (Å²) in [5.41, 5.74) is 3.96. The van der Waals surface area contributed by atoms with E-state index in [-0.39, 0.29) is 0 Å². The molecular formula is C23H15Br3N4S. The number of nitrogens with zero attached hydrogens (tertiary/aromatic N) is 4. The van der Waals surface area contributed by atoms with Crippen LogP contribution in [0.25, 0.3) is 11.3 Å². The van der Waals surface area contributed by atoms with E-state index >= 15 is 0 Å². The minimum atomic E-state index is 0.680. The molecule has 4 nitrogen and oxygen atoms in total. The van der Waals surface area contributed by atoms with Crippen molar-refractivity contribution in [2.24, 2.45) is 15.3 Å². The lowest BCUT2D eigenvalue weighted by Gasteiger charge is -2.03. The summed E-state index contributed by atoms with van der Waals surface area (Å²) >= 11 is 11.9. The number of benzene rings is 3. The zero-order valence-electron chi connectivity index (χ0n) is 16.0. The van der Waals surface area contributed by atoms with E-state index in [4.69, 9.17) is 5.10 Å². The molecule has 1 aromatic heterocycles. The highest BCUT2D eigenvalue weighted by atomic mass is 79.9. The molecule has 1 heterocycles. The van der Waals surface area contributed by atoms with Crippen LogP contribution in [-0.2, 0) is 0 Å². The van der Waals surface area contributed by atoms with Gasteiger partial charge in [0.2, 0.25) is 4.80 Å². The van der Waals surface area contributed by atoms with Crippen LogP contribution in [-0.4, -0.2) is 17.1 Å². The quantitative estimate of drug-likeness (QED) is 0.166. The summed E-state index contributed by atoms with van der Waals surface area (Å²) in [5.74, 6) is 0. The highest BCUT2D eigenvalue weighted by molar-refractivity contribution is 9.11. The number of aromatic nitrogens is 1. The summed E-state index contributed by atoms with van der Waals surface area (Å²) < 4.78 is 4.90. The van der Waals surface area contributed by atoms with Gasteiger partial charge in [0.25, 0.3) is 0 Å². The second-order valence-corrected chi connectivity index (χ2v) is 10.00. The molecule has 0 saturated carbocycles. The Morgan fingerprint density at radius 3 is 1.77 bits per heavy atom. The van der Waals surface area contributed by atoms with E-state index in [9.17, 15) is 0 Å². The summed E-state index contributed by atoms with van der Waals surface area (Å²) in [7, 11) is 0. The predicted molar refractivity (Wildman–Crippen MR) is 140 cm³/mol. The van der Waals surface area contributed by atoms with Gasteiger partial charge in [0.1, 0.15) is 0 Å². The molecule has 0 N–H and O–H groups in total. The molecule has 0 aliphatic heterocycles. The second kappa shape index (κ2) is 10.5. The first-order valence-electron chi connectivity index (χ1n) is 9.17. The zero-order chi connectivity index (χ0) is 21.6. The van der Waals surface area contributed by atoms with Gasteiger partial charge in [-0.2, -0.15) is 10.2 Å². The van der Waals surface area contributed by atoms with Crippen molar-refractivity contribution in [2.75, 3.05) is 0 Å². The molecule has 0 amide bonds. The third kappa shape index (κ3) is 5.98. The van der Waals surface area contributed by atoms with Crippen molar-refractivity contribution >= 4 is 71.6 Å². The summed E-state index contributed by atoms with van der Waals surface area (Å²) in [6.45, 7) is 0. The van der Waals surface area contributed by atoms with Crippen molar-refractivity contribution < 1.29 is 0 Å². The monoisotopic (exact) mass is 616 g/mol. The van der Waals surface area contributed by atoms with Crippen LogP contribution in [0.3, 0.4) is 0 Å². The van der Waals surface area contributed by atoms with Crippen LogP contribution in [0.1, 0.15) is 11.1 Å². The van der Waals surface area contributed by atoms with Crippen LogP contribution in [0.15, 0.2) is 107 Å². The number of thiazole rings is 1. The van der Waals surface area contributed by atoms with Gasteiger partial charge >= 0.3 is 0 Å². The average molecular weight is 619 g/mol. The van der Waals surface area contributed by atoms with Gasteiger partial charge in [0, 0.05) is 24.4 Å². The fraction of sp³-hybridized carbons (Fsp3) is 0. The summed E-state index contributed by atoms with van der Waals surface area (Å²) in [6.07, 6.45) is 3.55. The SMILES string of the molecule is Brc1ccc(/C=N\N=c2\scc(-c3ccc(Br)cc3)n2/N=C/c2ccc(Br)cc2)cc1. The smallest absolute Gasteiger partial charge is 0.203 e. The lowest BCUT2D eigenvalue weighted by Crippen LogP contribution is -2.11. The highest BCUT2D eigenvalue weighted by Crippen LogP contribution is 2.22. The lowest BCUT2D eigenvalue weighted by molar-refractivity contribution is 0.838. The van der Waals surface area contributed by atoms with E-state index in [1.165, 1.54) is 11.3 Å². The van der Waals surface area contributed by atoms with Crippen LogP contribution < -0.4 is 4.80 Å². The molecule has 31 heavy (non-hydrogen) atoms. The number of hydrogen-bond donors (Lipinski definition) is 0. The molecule has 0 atom stereocenters. The van der Waals surface area contributed by atoms with Crippen molar-refractivity contribution in [3.63, 3.8) is 0 Å². The molecule has 3 aromatic carbocycles. The normalized spacial score (nSPS) is 12.3. The van der Waals surface area contributed by atoms with Crippen molar-refractivity contribution in [1.82, 2.24) is 4.68 Å². The molecule has 0 saturated heterocycles. The van der Waals surface area contributed by atoms with Crippen molar-refractivity contribution in [3.8, 4) is 11.3 Å². The van der Waals surface area contributed by atoms with Crippen molar-refractivity contribution in [1.29, 1.82) is 0 Å².